The van der Waals surface area contributed by atoms with Crippen LogP contribution in [-0.4, -0.2) is 29.3 Å². The number of fused-ring (bicyclic) bond motifs is 1. The maximum absolute atomic E-state index is 10.9. The molecule has 1 aromatic heterocycles. The van der Waals surface area contributed by atoms with Crippen LogP contribution in [0.1, 0.15) is 12.6 Å². The smallest absolute Gasteiger partial charge is 0.344 e. The maximum atomic E-state index is 10.9. The molecule has 5 heteroatoms. The van der Waals surface area contributed by atoms with E-state index in [-0.39, 0.29) is 0 Å². The quantitative estimate of drug-likeness (QED) is 0.915. The second kappa shape index (κ2) is 5.14. The minimum atomic E-state index is -1.01. The molecule has 2 aromatic rings. The van der Waals surface area contributed by atoms with Gasteiger partial charge in [0, 0.05) is 17.1 Å². The van der Waals surface area contributed by atoms with Gasteiger partial charge in [0.05, 0.1) is 12.6 Å². The summed E-state index contributed by atoms with van der Waals surface area (Å²) in [6.07, 6.45) is -0.920. The number of ether oxygens (including phenoxy) is 2. The molecule has 0 spiro atoms. The van der Waals surface area contributed by atoms with Crippen LogP contribution in [0.3, 0.4) is 0 Å². The van der Waals surface area contributed by atoms with Crippen molar-refractivity contribution in [3.8, 4) is 11.5 Å². The zero-order valence-electron chi connectivity index (χ0n) is 11.0. The first-order chi connectivity index (χ1) is 9.01. The van der Waals surface area contributed by atoms with E-state index in [0.717, 1.165) is 16.6 Å². The van der Waals surface area contributed by atoms with Crippen LogP contribution >= 0.6 is 0 Å². The number of aliphatic carboxylic acids is 1. The molecule has 5 nitrogen and oxygen atoms in total. The molecule has 2 rings (SSSR count). The molecule has 1 N–H and O–H groups in total. The highest BCUT2D eigenvalue weighted by atomic mass is 16.5. The number of carboxylic acids is 1. The minimum absolute atomic E-state index is 0.497. The number of aromatic nitrogens is 1. The Balaban J connectivity index is 2.53. The van der Waals surface area contributed by atoms with Crippen LogP contribution in [0.25, 0.3) is 10.9 Å². The molecule has 19 heavy (non-hydrogen) atoms. The van der Waals surface area contributed by atoms with Crippen molar-refractivity contribution in [2.75, 3.05) is 7.11 Å². The van der Waals surface area contributed by atoms with Crippen LogP contribution in [0.5, 0.6) is 11.5 Å². The zero-order chi connectivity index (χ0) is 14.0. The van der Waals surface area contributed by atoms with Gasteiger partial charge in [0.2, 0.25) is 0 Å². The van der Waals surface area contributed by atoms with Crippen molar-refractivity contribution in [3.05, 3.63) is 30.0 Å². The van der Waals surface area contributed by atoms with E-state index in [1.54, 1.807) is 25.3 Å². The number of carbonyl (C=O) groups is 1. The van der Waals surface area contributed by atoms with Crippen LogP contribution in [-0.2, 0) is 4.79 Å². The Morgan fingerprint density at radius 2 is 2.11 bits per heavy atom. The fraction of sp³-hybridized carbons (Fsp3) is 0.286. The molecular formula is C14H15NO4. The Bertz CT molecular complexity index is 624. The third kappa shape index (κ3) is 2.76. The largest absolute Gasteiger partial charge is 0.497 e. The standard InChI is InChI=1S/C14H15NO4/c1-8-6-13(19-9(2)14(16)17)11-7-10(18-3)4-5-12(11)15-8/h4-7,9H,1-3H3,(H,16,17). The lowest BCUT2D eigenvalue weighted by Crippen LogP contribution is -2.23. The van der Waals surface area contributed by atoms with Crippen molar-refractivity contribution in [2.45, 2.75) is 20.0 Å². The third-order valence-corrected chi connectivity index (χ3v) is 2.76. The predicted octanol–water partition coefficient (Wildman–Crippen LogP) is 2.40. The number of aryl methyl sites for hydroxylation is 1. The highest BCUT2D eigenvalue weighted by Gasteiger charge is 2.15. The lowest BCUT2D eigenvalue weighted by Gasteiger charge is -2.14. The Kier molecular flexibility index (Phi) is 3.55. The first-order valence-electron chi connectivity index (χ1n) is 5.86. The van der Waals surface area contributed by atoms with E-state index in [0.29, 0.717) is 11.5 Å². The van der Waals surface area contributed by atoms with Gasteiger partial charge in [0.25, 0.3) is 0 Å². The van der Waals surface area contributed by atoms with E-state index in [1.165, 1.54) is 6.92 Å². The van der Waals surface area contributed by atoms with Gasteiger partial charge in [-0.1, -0.05) is 0 Å². The van der Waals surface area contributed by atoms with Gasteiger partial charge in [-0.15, -0.1) is 0 Å². The summed E-state index contributed by atoms with van der Waals surface area (Å²) in [7, 11) is 1.57. The fourth-order valence-corrected chi connectivity index (χ4v) is 1.77. The molecule has 0 amide bonds. The van der Waals surface area contributed by atoms with Gasteiger partial charge in [-0.05, 0) is 32.0 Å². The van der Waals surface area contributed by atoms with Crippen molar-refractivity contribution in [1.29, 1.82) is 0 Å². The highest BCUT2D eigenvalue weighted by Crippen LogP contribution is 2.29. The molecule has 0 aliphatic carbocycles. The summed E-state index contributed by atoms with van der Waals surface area (Å²) in [6, 6.07) is 7.13. The van der Waals surface area contributed by atoms with Gasteiger partial charge < -0.3 is 14.6 Å². The van der Waals surface area contributed by atoms with E-state index in [9.17, 15) is 4.79 Å². The number of methoxy groups -OCH3 is 1. The van der Waals surface area contributed by atoms with Gasteiger partial charge in [-0.3, -0.25) is 4.98 Å². The molecule has 1 atom stereocenters. The normalized spacial score (nSPS) is 12.2. The molecule has 0 fully saturated rings. The number of hydrogen-bond donors (Lipinski definition) is 1. The lowest BCUT2D eigenvalue weighted by molar-refractivity contribution is -0.144. The van der Waals surface area contributed by atoms with Crippen LogP contribution < -0.4 is 9.47 Å². The summed E-state index contributed by atoms with van der Waals surface area (Å²) < 4.78 is 10.6. The average Bonchev–Trinajstić information content (AvgIpc) is 2.38. The van der Waals surface area contributed by atoms with E-state index >= 15 is 0 Å². The summed E-state index contributed by atoms with van der Waals surface area (Å²) in [5, 5.41) is 9.65. The molecule has 0 saturated carbocycles. The van der Waals surface area contributed by atoms with Crippen molar-refractivity contribution in [2.24, 2.45) is 0 Å². The third-order valence-electron chi connectivity index (χ3n) is 2.76. The molecule has 0 aliphatic rings. The predicted molar refractivity (Wildman–Crippen MR) is 70.8 cm³/mol. The molecule has 1 unspecified atom stereocenters. The van der Waals surface area contributed by atoms with Gasteiger partial charge >= 0.3 is 5.97 Å². The Hall–Kier alpha value is -2.30. The number of pyridine rings is 1. The van der Waals surface area contributed by atoms with E-state index in [1.807, 2.05) is 13.0 Å². The van der Waals surface area contributed by atoms with E-state index in [2.05, 4.69) is 4.98 Å². The molecule has 0 saturated heterocycles. The van der Waals surface area contributed by atoms with Crippen molar-refractivity contribution < 1.29 is 19.4 Å². The molecule has 0 radical (unpaired) electrons. The zero-order valence-corrected chi connectivity index (χ0v) is 11.0. The SMILES string of the molecule is COc1ccc2nc(C)cc(OC(C)C(=O)O)c2c1. The minimum Gasteiger partial charge on any atom is -0.497 e. The summed E-state index contributed by atoms with van der Waals surface area (Å²) in [6.45, 7) is 3.33. The monoisotopic (exact) mass is 261 g/mol. The number of nitrogens with zero attached hydrogens (tertiary/aromatic N) is 1. The van der Waals surface area contributed by atoms with Crippen LogP contribution in [0, 0.1) is 6.92 Å². The highest BCUT2D eigenvalue weighted by molar-refractivity contribution is 5.87. The Labute approximate surface area is 110 Å². The molecule has 1 heterocycles. The first-order valence-corrected chi connectivity index (χ1v) is 5.86. The van der Waals surface area contributed by atoms with Crippen molar-refractivity contribution >= 4 is 16.9 Å². The van der Waals surface area contributed by atoms with Crippen LogP contribution in [0.15, 0.2) is 24.3 Å². The summed E-state index contributed by atoms with van der Waals surface area (Å²) >= 11 is 0. The van der Waals surface area contributed by atoms with Gasteiger partial charge in [-0.2, -0.15) is 0 Å². The molecule has 0 aliphatic heterocycles. The van der Waals surface area contributed by atoms with E-state index < -0.39 is 12.1 Å². The summed E-state index contributed by atoms with van der Waals surface area (Å²) in [4.78, 5) is 15.3. The van der Waals surface area contributed by atoms with Gasteiger partial charge in [-0.25, -0.2) is 4.79 Å². The van der Waals surface area contributed by atoms with Crippen molar-refractivity contribution in [1.82, 2.24) is 4.98 Å². The molecular weight excluding hydrogens is 246 g/mol. The number of rotatable bonds is 4. The fourth-order valence-electron chi connectivity index (χ4n) is 1.77. The number of hydrogen-bond acceptors (Lipinski definition) is 4. The second-order valence-corrected chi connectivity index (χ2v) is 4.24. The topological polar surface area (TPSA) is 68.7 Å². The Morgan fingerprint density at radius 3 is 2.74 bits per heavy atom. The van der Waals surface area contributed by atoms with Crippen LogP contribution in [0.4, 0.5) is 0 Å². The summed E-state index contributed by atoms with van der Waals surface area (Å²) in [5.41, 5.74) is 1.51. The van der Waals surface area contributed by atoms with Crippen LogP contribution in [0.2, 0.25) is 0 Å². The second-order valence-electron chi connectivity index (χ2n) is 4.24. The van der Waals surface area contributed by atoms with Gasteiger partial charge in [0.1, 0.15) is 11.5 Å². The lowest BCUT2D eigenvalue weighted by atomic mass is 10.1. The molecule has 1 aromatic carbocycles. The summed E-state index contributed by atoms with van der Waals surface area (Å²) in [5.74, 6) is 0.160. The van der Waals surface area contributed by atoms with Gasteiger partial charge in [0.15, 0.2) is 6.10 Å². The van der Waals surface area contributed by atoms with Crippen molar-refractivity contribution in [3.63, 3.8) is 0 Å². The molecule has 0 bridgehead atoms. The number of carboxylic acid groups (broad SMARTS) is 1. The maximum Gasteiger partial charge on any atom is 0.344 e. The first kappa shape index (κ1) is 13.1. The Morgan fingerprint density at radius 1 is 1.37 bits per heavy atom. The molecule has 100 valence electrons. The van der Waals surface area contributed by atoms with E-state index in [4.69, 9.17) is 14.6 Å². The average molecular weight is 261 g/mol. The number of benzene rings is 1.